The van der Waals surface area contributed by atoms with Crippen LogP contribution >= 0.6 is 0 Å². The van der Waals surface area contributed by atoms with Gasteiger partial charge in [-0.3, -0.25) is 10.1 Å². The third-order valence-electron chi connectivity index (χ3n) is 4.46. The number of para-hydroxylation sites is 1. The number of rotatable bonds is 4. The summed E-state index contributed by atoms with van der Waals surface area (Å²) >= 11 is 0. The molecule has 1 aromatic carbocycles. The van der Waals surface area contributed by atoms with Crippen LogP contribution in [0.4, 0.5) is 10.5 Å². The zero-order valence-electron chi connectivity index (χ0n) is 15.3. The van der Waals surface area contributed by atoms with Crippen LogP contribution in [0.15, 0.2) is 29.2 Å². The van der Waals surface area contributed by atoms with Crippen molar-refractivity contribution in [3.63, 3.8) is 0 Å². The Kier molecular flexibility index (Phi) is 4.89. The topological polar surface area (TPSA) is 119 Å². The summed E-state index contributed by atoms with van der Waals surface area (Å²) in [4.78, 5) is 22.8. The number of benzene rings is 1. The number of carbonyl (C=O) groups excluding carboxylic acids is 1. The second-order valence-electron chi connectivity index (χ2n) is 7.64. The summed E-state index contributed by atoms with van der Waals surface area (Å²) in [5, 5.41) is 11.3. The highest BCUT2D eigenvalue weighted by Crippen LogP contribution is 2.42. The van der Waals surface area contributed by atoms with Crippen LogP contribution in [0, 0.1) is 10.1 Å². The van der Waals surface area contributed by atoms with Gasteiger partial charge in [0.15, 0.2) is 4.90 Å². The average Bonchev–Trinajstić information content (AvgIpc) is 3.33. The molecular formula is C17H22N2O7S. The van der Waals surface area contributed by atoms with Crippen LogP contribution in [0.1, 0.15) is 40.0 Å². The Morgan fingerprint density at radius 2 is 1.96 bits per heavy atom. The van der Waals surface area contributed by atoms with Crippen molar-refractivity contribution in [3.05, 3.63) is 34.4 Å². The average molecular weight is 398 g/mol. The second-order valence-corrected chi connectivity index (χ2v) is 9.43. The van der Waals surface area contributed by atoms with Gasteiger partial charge in [-0.25, -0.2) is 13.2 Å². The second kappa shape index (κ2) is 6.75. The van der Waals surface area contributed by atoms with Crippen molar-refractivity contribution in [2.75, 3.05) is 0 Å². The van der Waals surface area contributed by atoms with Crippen molar-refractivity contribution in [1.82, 2.24) is 4.31 Å². The van der Waals surface area contributed by atoms with Crippen molar-refractivity contribution in [2.45, 2.75) is 68.8 Å². The lowest BCUT2D eigenvalue weighted by Gasteiger charge is -2.33. The summed E-state index contributed by atoms with van der Waals surface area (Å²) in [5.41, 5.74) is -1.51. The largest absolute Gasteiger partial charge is 0.443 e. The molecule has 0 radical (unpaired) electrons. The molecular weight excluding hydrogens is 376 g/mol. The number of hydrogen-bond acceptors (Lipinski definition) is 7. The van der Waals surface area contributed by atoms with E-state index in [1.807, 2.05) is 0 Å². The molecule has 1 amide bonds. The standard InChI is InChI=1S/C17H22N2O7S/c1-17(2,3)26-16(20)18(12-8-6-9-13-15(12)25-13)27(23,24)14-10-5-4-7-11(14)19(21)22/h4-5,7,10,12-13,15H,6,8-9H2,1-3H3/t12-,13-,15+/m1/s1. The molecule has 3 atom stereocenters. The predicted octanol–water partition coefficient (Wildman–Crippen LogP) is 2.84. The van der Waals surface area contributed by atoms with Crippen LogP contribution in [-0.2, 0) is 19.5 Å². The summed E-state index contributed by atoms with van der Waals surface area (Å²) in [6.07, 6.45) is 0.368. The first-order chi connectivity index (χ1) is 12.5. The lowest BCUT2D eigenvalue weighted by Crippen LogP contribution is -2.50. The van der Waals surface area contributed by atoms with Crippen LogP contribution in [0.25, 0.3) is 0 Å². The Morgan fingerprint density at radius 3 is 2.59 bits per heavy atom. The maximum absolute atomic E-state index is 13.3. The van der Waals surface area contributed by atoms with E-state index in [4.69, 9.17) is 9.47 Å². The fourth-order valence-corrected chi connectivity index (χ4v) is 5.01. The normalized spacial score (nSPS) is 24.6. The van der Waals surface area contributed by atoms with Crippen LogP contribution in [0.2, 0.25) is 0 Å². The fraction of sp³-hybridized carbons (Fsp3) is 0.588. The first-order valence-electron chi connectivity index (χ1n) is 8.68. The van der Waals surface area contributed by atoms with E-state index in [2.05, 4.69) is 0 Å². The van der Waals surface area contributed by atoms with E-state index >= 15 is 0 Å². The van der Waals surface area contributed by atoms with Gasteiger partial charge >= 0.3 is 6.09 Å². The summed E-state index contributed by atoms with van der Waals surface area (Å²) in [5.74, 6) is 0. The fourth-order valence-electron chi connectivity index (χ4n) is 3.32. The van der Waals surface area contributed by atoms with E-state index in [-0.39, 0.29) is 6.10 Å². The van der Waals surface area contributed by atoms with Gasteiger partial charge in [-0.1, -0.05) is 12.1 Å². The maximum Gasteiger partial charge on any atom is 0.424 e. The molecule has 1 saturated heterocycles. The van der Waals surface area contributed by atoms with E-state index < -0.39 is 49.4 Å². The van der Waals surface area contributed by atoms with Gasteiger partial charge in [-0.05, 0) is 46.1 Å². The molecule has 1 aliphatic carbocycles. The minimum absolute atomic E-state index is 0.0883. The quantitative estimate of drug-likeness (QED) is 0.434. The number of nitrogens with zero attached hydrogens (tertiary/aromatic N) is 2. The number of sulfonamides is 1. The minimum Gasteiger partial charge on any atom is -0.443 e. The molecule has 0 aromatic heterocycles. The molecule has 9 nitrogen and oxygen atoms in total. The summed E-state index contributed by atoms with van der Waals surface area (Å²) in [6.45, 7) is 4.87. The molecule has 0 N–H and O–H groups in total. The van der Waals surface area contributed by atoms with Crippen molar-refractivity contribution in [1.29, 1.82) is 0 Å². The molecule has 3 rings (SSSR count). The van der Waals surface area contributed by atoms with E-state index in [0.29, 0.717) is 17.1 Å². The Hall–Kier alpha value is -2.20. The van der Waals surface area contributed by atoms with Gasteiger partial charge in [0.25, 0.3) is 15.7 Å². The Bertz CT molecular complexity index is 862. The first-order valence-corrected chi connectivity index (χ1v) is 10.1. The zero-order valence-corrected chi connectivity index (χ0v) is 16.1. The number of fused-ring (bicyclic) bond motifs is 1. The highest BCUT2D eigenvalue weighted by molar-refractivity contribution is 7.89. The van der Waals surface area contributed by atoms with E-state index in [0.717, 1.165) is 18.6 Å². The van der Waals surface area contributed by atoms with Crippen molar-refractivity contribution >= 4 is 21.8 Å². The Balaban J connectivity index is 2.06. The number of hydrogen-bond donors (Lipinski definition) is 0. The SMILES string of the molecule is CC(C)(C)OC(=O)N([C@@H]1CCC[C@H]2O[C@@H]12)S(=O)(=O)c1ccccc1[N+](=O)[O-]. The van der Waals surface area contributed by atoms with Gasteiger partial charge < -0.3 is 9.47 Å². The lowest BCUT2D eigenvalue weighted by molar-refractivity contribution is -0.387. The molecule has 2 fully saturated rings. The van der Waals surface area contributed by atoms with E-state index in [1.54, 1.807) is 20.8 Å². The van der Waals surface area contributed by atoms with Gasteiger partial charge in [-0.15, -0.1) is 0 Å². The summed E-state index contributed by atoms with van der Waals surface area (Å²) in [7, 11) is -4.52. The maximum atomic E-state index is 13.3. The molecule has 2 aliphatic rings. The molecule has 1 heterocycles. The summed E-state index contributed by atoms with van der Waals surface area (Å²) in [6, 6.07) is 4.22. The predicted molar refractivity (Wildman–Crippen MR) is 94.7 cm³/mol. The monoisotopic (exact) mass is 398 g/mol. The number of nitro benzene ring substituents is 1. The highest BCUT2D eigenvalue weighted by Gasteiger charge is 2.55. The van der Waals surface area contributed by atoms with Crippen LogP contribution in [-0.4, -0.2) is 47.6 Å². The smallest absolute Gasteiger partial charge is 0.424 e. The number of ether oxygens (including phenoxy) is 2. The molecule has 10 heteroatoms. The van der Waals surface area contributed by atoms with Gasteiger partial charge in [-0.2, -0.15) is 4.31 Å². The number of epoxide rings is 1. The van der Waals surface area contributed by atoms with Crippen molar-refractivity contribution in [2.24, 2.45) is 0 Å². The number of nitro groups is 1. The first kappa shape index (κ1) is 19.6. The molecule has 1 aliphatic heterocycles. The van der Waals surface area contributed by atoms with E-state index in [1.165, 1.54) is 12.1 Å². The molecule has 0 unspecified atom stereocenters. The molecule has 0 bridgehead atoms. The van der Waals surface area contributed by atoms with Crippen LogP contribution < -0.4 is 0 Å². The van der Waals surface area contributed by atoms with Gasteiger partial charge in [0, 0.05) is 6.07 Å². The van der Waals surface area contributed by atoms with Crippen molar-refractivity contribution < 1.29 is 27.6 Å². The van der Waals surface area contributed by atoms with Gasteiger partial charge in [0.1, 0.15) is 11.7 Å². The van der Waals surface area contributed by atoms with Gasteiger partial charge in [0.05, 0.1) is 17.1 Å². The molecule has 1 aromatic rings. The van der Waals surface area contributed by atoms with Crippen molar-refractivity contribution in [3.8, 4) is 0 Å². The molecule has 27 heavy (non-hydrogen) atoms. The molecule has 1 saturated carbocycles. The lowest BCUT2D eigenvalue weighted by atomic mass is 9.96. The molecule has 148 valence electrons. The summed E-state index contributed by atoms with van der Waals surface area (Å²) < 4.78 is 38.1. The van der Waals surface area contributed by atoms with Gasteiger partial charge in [0.2, 0.25) is 0 Å². The third-order valence-corrected chi connectivity index (χ3v) is 6.30. The number of amides is 1. The van der Waals surface area contributed by atoms with Crippen LogP contribution in [0.5, 0.6) is 0 Å². The molecule has 0 spiro atoms. The van der Waals surface area contributed by atoms with E-state index in [9.17, 15) is 23.3 Å². The van der Waals surface area contributed by atoms with Crippen LogP contribution in [0.3, 0.4) is 0 Å². The Labute approximate surface area is 157 Å². The zero-order chi connectivity index (χ0) is 20.0. The third kappa shape index (κ3) is 3.91. The minimum atomic E-state index is -4.52. The Morgan fingerprint density at radius 1 is 1.30 bits per heavy atom. The number of carbonyl (C=O) groups is 1. The highest BCUT2D eigenvalue weighted by atomic mass is 32.2.